The molecule has 0 aromatic carbocycles. The molecule has 0 saturated heterocycles. The van der Waals surface area contributed by atoms with Gasteiger partial charge in [-0.2, -0.15) is 0 Å². The molecule has 0 radical (unpaired) electrons. The molecule has 1 N–H and O–H groups in total. The predicted molar refractivity (Wildman–Crippen MR) is 91.7 cm³/mol. The van der Waals surface area contributed by atoms with Gasteiger partial charge in [0, 0.05) is 32.8 Å². The molecule has 126 valence electrons. The van der Waals surface area contributed by atoms with Gasteiger partial charge < -0.3 is 15.0 Å². The fourth-order valence-electron chi connectivity index (χ4n) is 3.79. The zero-order valence-electron chi connectivity index (χ0n) is 15.0. The summed E-state index contributed by atoms with van der Waals surface area (Å²) in [6, 6.07) is 0.718. The Morgan fingerprint density at radius 2 is 2.00 bits per heavy atom. The minimum atomic E-state index is 0.718. The van der Waals surface area contributed by atoms with Crippen LogP contribution in [0.4, 0.5) is 0 Å². The van der Waals surface area contributed by atoms with Gasteiger partial charge in [0.25, 0.3) is 0 Å². The number of nitrogens with zero attached hydrogens (tertiary/aromatic N) is 1. The topological polar surface area (TPSA) is 24.5 Å². The molecule has 0 aliphatic heterocycles. The lowest BCUT2D eigenvalue weighted by atomic mass is 9.76. The Morgan fingerprint density at radius 3 is 2.57 bits per heavy atom. The number of ether oxygens (including phenoxy) is 1. The molecule has 0 bridgehead atoms. The average molecular weight is 299 g/mol. The molecule has 1 saturated carbocycles. The van der Waals surface area contributed by atoms with Gasteiger partial charge in [0.15, 0.2) is 0 Å². The van der Waals surface area contributed by atoms with E-state index in [0.29, 0.717) is 0 Å². The van der Waals surface area contributed by atoms with Crippen LogP contribution in [-0.2, 0) is 4.74 Å². The monoisotopic (exact) mass is 298 g/mol. The first-order valence-corrected chi connectivity index (χ1v) is 9.05. The summed E-state index contributed by atoms with van der Waals surface area (Å²) in [5.41, 5.74) is 0. The highest BCUT2D eigenvalue weighted by molar-refractivity contribution is 4.86. The van der Waals surface area contributed by atoms with Crippen molar-refractivity contribution >= 4 is 0 Å². The van der Waals surface area contributed by atoms with Crippen LogP contribution in [0, 0.1) is 17.8 Å². The Balaban J connectivity index is 2.60. The Morgan fingerprint density at radius 1 is 1.24 bits per heavy atom. The largest absolute Gasteiger partial charge is 0.383 e. The molecule has 3 atom stereocenters. The lowest BCUT2D eigenvalue weighted by molar-refractivity contribution is 0.0990. The second-order valence-corrected chi connectivity index (χ2v) is 7.16. The third kappa shape index (κ3) is 7.12. The van der Waals surface area contributed by atoms with Crippen molar-refractivity contribution in [2.45, 2.75) is 59.4 Å². The van der Waals surface area contributed by atoms with E-state index in [1.165, 1.54) is 38.8 Å². The quantitative estimate of drug-likeness (QED) is 0.669. The molecular weight excluding hydrogens is 260 g/mol. The molecule has 0 aromatic heterocycles. The predicted octanol–water partition coefficient (Wildman–Crippen LogP) is 3.40. The van der Waals surface area contributed by atoms with Gasteiger partial charge in [-0.3, -0.25) is 0 Å². The zero-order chi connectivity index (χ0) is 15.7. The van der Waals surface area contributed by atoms with Crippen LogP contribution in [0.1, 0.15) is 53.4 Å². The Hall–Kier alpha value is -0.120. The van der Waals surface area contributed by atoms with Gasteiger partial charge >= 0.3 is 0 Å². The molecule has 21 heavy (non-hydrogen) atoms. The summed E-state index contributed by atoms with van der Waals surface area (Å²) in [6.45, 7) is 14.7. The maximum Gasteiger partial charge on any atom is 0.0589 e. The van der Waals surface area contributed by atoms with E-state index in [4.69, 9.17) is 4.74 Å². The van der Waals surface area contributed by atoms with Crippen LogP contribution < -0.4 is 5.32 Å². The smallest absolute Gasteiger partial charge is 0.0589 e. The van der Waals surface area contributed by atoms with E-state index in [2.05, 4.69) is 37.9 Å². The molecule has 3 heteroatoms. The molecule has 1 aliphatic rings. The minimum Gasteiger partial charge on any atom is -0.383 e. The van der Waals surface area contributed by atoms with E-state index in [1.54, 1.807) is 0 Å². The first kappa shape index (κ1) is 18.9. The Kier molecular flexibility index (Phi) is 9.54. The van der Waals surface area contributed by atoms with Crippen molar-refractivity contribution in [2.75, 3.05) is 39.9 Å². The van der Waals surface area contributed by atoms with Gasteiger partial charge in [-0.15, -0.1) is 0 Å². The molecule has 1 aliphatic carbocycles. The lowest BCUT2D eigenvalue weighted by Crippen LogP contribution is -2.47. The molecule has 0 spiro atoms. The number of rotatable bonds is 10. The van der Waals surface area contributed by atoms with Crippen molar-refractivity contribution in [1.29, 1.82) is 0 Å². The van der Waals surface area contributed by atoms with E-state index in [9.17, 15) is 0 Å². The SMILES string of the molecule is CCNC1CCC(CC)CC1CN(CCOC)CC(C)C. The van der Waals surface area contributed by atoms with Gasteiger partial charge in [-0.25, -0.2) is 0 Å². The van der Waals surface area contributed by atoms with E-state index >= 15 is 0 Å². The van der Waals surface area contributed by atoms with Gasteiger partial charge in [0.2, 0.25) is 0 Å². The molecule has 0 amide bonds. The Labute approximate surface area is 132 Å². The number of hydrogen-bond donors (Lipinski definition) is 1. The number of methoxy groups -OCH3 is 1. The van der Waals surface area contributed by atoms with Crippen molar-refractivity contribution in [1.82, 2.24) is 10.2 Å². The summed E-state index contributed by atoms with van der Waals surface area (Å²) >= 11 is 0. The van der Waals surface area contributed by atoms with Crippen LogP contribution in [0.2, 0.25) is 0 Å². The minimum absolute atomic E-state index is 0.718. The Bertz CT molecular complexity index is 258. The molecule has 3 nitrogen and oxygen atoms in total. The van der Waals surface area contributed by atoms with E-state index in [0.717, 1.165) is 43.5 Å². The molecular formula is C18H38N2O. The summed E-state index contributed by atoms with van der Waals surface area (Å²) in [5.74, 6) is 2.47. The molecule has 0 heterocycles. The highest BCUT2D eigenvalue weighted by Crippen LogP contribution is 2.32. The number of nitrogens with one attached hydrogen (secondary N) is 1. The summed E-state index contributed by atoms with van der Waals surface area (Å²) in [5, 5.41) is 3.74. The maximum absolute atomic E-state index is 5.30. The standard InChI is InChI=1S/C18H38N2O/c1-6-16-8-9-18(19-7-2)17(12-16)14-20(10-11-21-5)13-15(3)4/h15-19H,6-14H2,1-5H3. The summed E-state index contributed by atoms with van der Waals surface area (Å²) in [6.07, 6.45) is 5.51. The first-order chi connectivity index (χ1) is 10.1. The van der Waals surface area contributed by atoms with Crippen LogP contribution in [-0.4, -0.2) is 50.8 Å². The molecule has 1 fully saturated rings. The van der Waals surface area contributed by atoms with E-state index < -0.39 is 0 Å². The fourth-order valence-corrected chi connectivity index (χ4v) is 3.79. The van der Waals surface area contributed by atoms with Crippen molar-refractivity contribution in [3.05, 3.63) is 0 Å². The fraction of sp³-hybridized carbons (Fsp3) is 1.00. The molecule has 0 aromatic rings. The normalized spacial score (nSPS) is 26.7. The average Bonchev–Trinajstić information content (AvgIpc) is 2.46. The zero-order valence-corrected chi connectivity index (χ0v) is 15.0. The van der Waals surface area contributed by atoms with Crippen LogP contribution >= 0.6 is 0 Å². The molecule has 1 rings (SSSR count). The van der Waals surface area contributed by atoms with Crippen LogP contribution in [0.25, 0.3) is 0 Å². The van der Waals surface area contributed by atoms with Crippen LogP contribution in [0.5, 0.6) is 0 Å². The van der Waals surface area contributed by atoms with Crippen LogP contribution in [0.3, 0.4) is 0 Å². The van der Waals surface area contributed by atoms with Gasteiger partial charge in [0.05, 0.1) is 6.61 Å². The van der Waals surface area contributed by atoms with E-state index in [-0.39, 0.29) is 0 Å². The van der Waals surface area contributed by atoms with Crippen molar-refractivity contribution in [2.24, 2.45) is 17.8 Å². The maximum atomic E-state index is 5.30. The number of hydrogen-bond acceptors (Lipinski definition) is 3. The van der Waals surface area contributed by atoms with Gasteiger partial charge in [-0.1, -0.05) is 34.1 Å². The summed E-state index contributed by atoms with van der Waals surface area (Å²) < 4.78 is 5.30. The third-order valence-electron chi connectivity index (χ3n) is 4.86. The van der Waals surface area contributed by atoms with Gasteiger partial charge in [0.1, 0.15) is 0 Å². The van der Waals surface area contributed by atoms with E-state index in [1.807, 2.05) is 7.11 Å². The summed E-state index contributed by atoms with van der Waals surface area (Å²) in [4.78, 5) is 2.63. The second kappa shape index (κ2) is 10.6. The van der Waals surface area contributed by atoms with Crippen molar-refractivity contribution < 1.29 is 4.74 Å². The van der Waals surface area contributed by atoms with Crippen LogP contribution in [0.15, 0.2) is 0 Å². The highest BCUT2D eigenvalue weighted by atomic mass is 16.5. The second-order valence-electron chi connectivity index (χ2n) is 7.16. The first-order valence-electron chi connectivity index (χ1n) is 9.05. The highest BCUT2D eigenvalue weighted by Gasteiger charge is 2.30. The third-order valence-corrected chi connectivity index (χ3v) is 4.86. The molecule has 3 unspecified atom stereocenters. The lowest BCUT2D eigenvalue weighted by Gasteiger charge is -2.39. The summed E-state index contributed by atoms with van der Waals surface area (Å²) in [7, 11) is 1.81. The van der Waals surface area contributed by atoms with Gasteiger partial charge in [-0.05, 0) is 43.6 Å². The van der Waals surface area contributed by atoms with Crippen molar-refractivity contribution in [3.8, 4) is 0 Å². The van der Waals surface area contributed by atoms with Crippen molar-refractivity contribution in [3.63, 3.8) is 0 Å².